The highest BCUT2D eigenvalue weighted by Gasteiger charge is 2.25. The number of unbranched alkanes of at least 4 members (excludes halogenated alkanes) is 19. The molecule has 0 N–H and O–H groups in total. The molecule has 0 saturated heterocycles. The number of nitrogens with zero attached hydrogens (tertiary/aromatic N) is 1. The lowest BCUT2D eigenvalue weighted by atomic mass is 10.1. The lowest BCUT2D eigenvalue weighted by Gasteiger charge is -2.34. The van der Waals surface area contributed by atoms with Crippen LogP contribution in [0.4, 0.5) is 0 Å². The zero-order chi connectivity index (χ0) is 37.1. The van der Waals surface area contributed by atoms with Crippen molar-refractivity contribution < 1.29 is 38.2 Å². The van der Waals surface area contributed by atoms with Crippen molar-refractivity contribution in [1.29, 1.82) is 0 Å². The Bertz CT molecular complexity index is 880. The monoisotopic (exact) mass is 708 g/mol. The fraction of sp³-hybridized carbons (Fsp3) is 0.833. The Kier molecular flexibility index (Phi) is 32.4. The molecule has 0 aliphatic rings. The van der Waals surface area contributed by atoms with Crippen LogP contribution in [0.2, 0.25) is 0 Å². The van der Waals surface area contributed by atoms with Crippen LogP contribution in [0.25, 0.3) is 0 Å². The first-order chi connectivity index (χ1) is 24.1. The smallest absolute Gasteiger partial charge is 0.306 e. The molecule has 0 aromatic rings. The number of likely N-dealkylation sites (N-methyl/N-ethyl adjacent to an activating group) is 1. The van der Waals surface area contributed by atoms with Gasteiger partial charge in [-0.25, -0.2) is 0 Å². The van der Waals surface area contributed by atoms with Crippen molar-refractivity contribution in [2.75, 3.05) is 41.0 Å². The van der Waals surface area contributed by atoms with Crippen LogP contribution in [0.15, 0.2) is 24.3 Å². The van der Waals surface area contributed by atoms with E-state index in [4.69, 9.17) is 14.2 Å². The van der Waals surface area contributed by atoms with E-state index in [2.05, 4.69) is 38.2 Å². The van der Waals surface area contributed by atoms with Gasteiger partial charge in [0.05, 0.1) is 40.3 Å². The summed E-state index contributed by atoms with van der Waals surface area (Å²) >= 11 is 0. The van der Waals surface area contributed by atoms with E-state index in [0.717, 1.165) is 57.8 Å². The lowest BCUT2D eigenvalue weighted by Crippen LogP contribution is -2.55. The van der Waals surface area contributed by atoms with Crippen LogP contribution in [0.5, 0.6) is 0 Å². The number of rotatable bonds is 36. The minimum Gasteiger partial charge on any atom is -0.544 e. The van der Waals surface area contributed by atoms with Crippen LogP contribution in [-0.2, 0) is 28.6 Å². The Morgan fingerprint density at radius 1 is 0.600 bits per heavy atom. The van der Waals surface area contributed by atoms with Crippen molar-refractivity contribution >= 4 is 17.9 Å². The van der Waals surface area contributed by atoms with Gasteiger partial charge in [-0.3, -0.25) is 9.59 Å². The van der Waals surface area contributed by atoms with Gasteiger partial charge in [0.2, 0.25) is 0 Å². The fourth-order valence-corrected chi connectivity index (χ4v) is 5.88. The van der Waals surface area contributed by atoms with E-state index in [1.807, 2.05) is 0 Å². The number of carbonyl (C=O) groups is 3. The summed E-state index contributed by atoms with van der Waals surface area (Å²) in [6, 6.07) is -0.723. The predicted octanol–water partition coefficient (Wildman–Crippen LogP) is 9.19. The van der Waals surface area contributed by atoms with Gasteiger partial charge >= 0.3 is 11.9 Å². The van der Waals surface area contributed by atoms with E-state index in [1.165, 1.54) is 83.5 Å². The average molecular weight is 708 g/mol. The average Bonchev–Trinajstić information content (AvgIpc) is 3.06. The van der Waals surface area contributed by atoms with E-state index in [-0.39, 0.29) is 42.7 Å². The topological polar surface area (TPSA) is 102 Å². The molecule has 0 amide bonds. The van der Waals surface area contributed by atoms with Gasteiger partial charge in [0.15, 0.2) is 6.10 Å². The summed E-state index contributed by atoms with van der Waals surface area (Å²) in [5.74, 6) is -1.76. The van der Waals surface area contributed by atoms with Crippen molar-refractivity contribution in [2.45, 2.75) is 187 Å². The summed E-state index contributed by atoms with van der Waals surface area (Å²) < 4.78 is 17.1. The second kappa shape index (κ2) is 33.9. The van der Waals surface area contributed by atoms with Crippen molar-refractivity contribution in [3.63, 3.8) is 0 Å². The molecule has 0 saturated carbocycles. The highest BCUT2D eigenvalue weighted by Crippen LogP contribution is 2.13. The highest BCUT2D eigenvalue weighted by molar-refractivity contribution is 5.70. The molecule has 0 spiro atoms. The van der Waals surface area contributed by atoms with E-state index in [0.29, 0.717) is 12.8 Å². The number of carboxylic acids is 1. The third kappa shape index (κ3) is 31.8. The van der Waals surface area contributed by atoms with Crippen molar-refractivity contribution in [1.82, 2.24) is 0 Å². The Morgan fingerprint density at radius 3 is 1.50 bits per heavy atom. The third-order valence-corrected chi connectivity index (χ3v) is 9.12. The molecule has 8 nitrogen and oxygen atoms in total. The van der Waals surface area contributed by atoms with Gasteiger partial charge in [0, 0.05) is 19.3 Å². The molecule has 0 radical (unpaired) electrons. The summed E-state index contributed by atoms with van der Waals surface area (Å²) in [6.45, 7) is 4.60. The SMILES string of the molecule is CCCCCCCCC/C=C/C=C/CCCCCCCC(=O)OCC(COCCC(C(=O)[O-])[N+](C)(C)C)OC(=O)CCCCCCCCCC. The maximum atomic E-state index is 12.6. The number of allylic oxidation sites excluding steroid dienone is 4. The summed E-state index contributed by atoms with van der Waals surface area (Å²) in [4.78, 5) is 36.6. The molecule has 0 fully saturated rings. The van der Waals surface area contributed by atoms with Gasteiger partial charge in [-0.15, -0.1) is 0 Å². The number of quaternary nitrogens is 1. The number of aliphatic carboxylic acids is 1. The largest absolute Gasteiger partial charge is 0.544 e. The van der Waals surface area contributed by atoms with Crippen LogP contribution in [0.3, 0.4) is 0 Å². The first kappa shape index (κ1) is 47.8. The Balaban J connectivity index is 4.31. The van der Waals surface area contributed by atoms with Gasteiger partial charge in [-0.05, 0) is 38.5 Å². The molecule has 0 bridgehead atoms. The first-order valence-electron chi connectivity index (χ1n) is 20.4. The molecular weight excluding hydrogens is 630 g/mol. The molecule has 0 aromatic heterocycles. The zero-order valence-corrected chi connectivity index (χ0v) is 33.1. The van der Waals surface area contributed by atoms with E-state index in [1.54, 1.807) is 21.1 Å². The zero-order valence-electron chi connectivity index (χ0n) is 33.1. The van der Waals surface area contributed by atoms with Gasteiger partial charge in [0.1, 0.15) is 12.6 Å². The van der Waals surface area contributed by atoms with Crippen LogP contribution >= 0.6 is 0 Å². The van der Waals surface area contributed by atoms with Gasteiger partial charge < -0.3 is 28.6 Å². The lowest BCUT2D eigenvalue weighted by molar-refractivity contribution is -0.889. The Morgan fingerprint density at radius 2 is 1.04 bits per heavy atom. The number of hydrogen-bond donors (Lipinski definition) is 0. The first-order valence-corrected chi connectivity index (χ1v) is 20.4. The van der Waals surface area contributed by atoms with Crippen LogP contribution in [-0.4, -0.2) is 75.5 Å². The predicted molar refractivity (Wildman–Crippen MR) is 204 cm³/mol. The number of esters is 2. The van der Waals surface area contributed by atoms with Crippen molar-refractivity contribution in [2.24, 2.45) is 0 Å². The molecule has 2 unspecified atom stereocenters. The van der Waals surface area contributed by atoms with Gasteiger partial charge in [-0.1, -0.05) is 141 Å². The van der Waals surface area contributed by atoms with Crippen LogP contribution in [0, 0.1) is 0 Å². The molecule has 2 atom stereocenters. The van der Waals surface area contributed by atoms with Gasteiger partial charge in [-0.2, -0.15) is 0 Å². The minimum absolute atomic E-state index is 0.0385. The number of hydrogen-bond acceptors (Lipinski definition) is 7. The number of carboxylic acid groups (broad SMARTS) is 1. The molecule has 0 aliphatic heterocycles. The van der Waals surface area contributed by atoms with Crippen molar-refractivity contribution in [3.8, 4) is 0 Å². The Labute approximate surface area is 307 Å². The molecule has 0 heterocycles. The quantitative estimate of drug-likeness (QED) is 0.0277. The standard InChI is InChI=1S/C42H77NO7/c1-6-8-10-12-14-16-17-18-19-20-21-22-23-24-25-27-28-30-32-40(44)49-37-38(36-48-35-34-39(42(46)47)43(3,4)5)50-41(45)33-31-29-26-15-13-11-9-7-2/h19-22,38-39H,6-18,23-37H2,1-5H3/b20-19+,22-21+. The number of ether oxygens (including phenoxy) is 3. The summed E-state index contributed by atoms with van der Waals surface area (Å²) in [5, 5.41) is 11.6. The third-order valence-electron chi connectivity index (χ3n) is 9.12. The summed E-state index contributed by atoms with van der Waals surface area (Å²) in [6.07, 6.45) is 34.9. The molecule has 50 heavy (non-hydrogen) atoms. The normalized spacial score (nSPS) is 13.2. The summed E-state index contributed by atoms with van der Waals surface area (Å²) in [5.41, 5.74) is 0. The van der Waals surface area contributed by atoms with E-state index in [9.17, 15) is 19.5 Å². The molecule has 0 aliphatic carbocycles. The molecule has 0 aromatic carbocycles. The van der Waals surface area contributed by atoms with Crippen molar-refractivity contribution in [3.05, 3.63) is 24.3 Å². The summed E-state index contributed by atoms with van der Waals surface area (Å²) in [7, 11) is 5.39. The van der Waals surface area contributed by atoms with E-state index >= 15 is 0 Å². The fourth-order valence-electron chi connectivity index (χ4n) is 5.88. The minimum atomic E-state index is -1.13. The molecule has 292 valence electrons. The second-order valence-corrected chi connectivity index (χ2v) is 14.9. The molecule has 8 heteroatoms. The van der Waals surface area contributed by atoms with Crippen LogP contribution in [0.1, 0.15) is 174 Å². The van der Waals surface area contributed by atoms with E-state index < -0.39 is 18.1 Å². The number of carbonyl (C=O) groups excluding carboxylic acids is 3. The molecular formula is C42H77NO7. The highest BCUT2D eigenvalue weighted by atomic mass is 16.6. The maximum Gasteiger partial charge on any atom is 0.306 e. The van der Waals surface area contributed by atoms with Crippen LogP contribution < -0.4 is 5.11 Å². The Hall–Kier alpha value is -2.19. The second-order valence-electron chi connectivity index (χ2n) is 14.9. The van der Waals surface area contributed by atoms with Gasteiger partial charge in [0.25, 0.3) is 0 Å². The molecule has 0 rings (SSSR count). The maximum absolute atomic E-state index is 12.6.